The van der Waals surface area contributed by atoms with Gasteiger partial charge in [-0.05, 0) is 32.3 Å². The van der Waals surface area contributed by atoms with Gasteiger partial charge in [0.25, 0.3) is 5.91 Å². The Kier molecular flexibility index (Phi) is 5.22. The zero-order chi connectivity index (χ0) is 17.9. The first-order valence-electron chi connectivity index (χ1n) is 7.58. The Bertz CT molecular complexity index is 681. The molecule has 0 saturated carbocycles. The quantitative estimate of drug-likeness (QED) is 0.370. The number of likely N-dealkylation sites (tertiary alicyclic amines) is 1. The lowest BCUT2D eigenvalue weighted by Crippen LogP contribution is -2.37. The van der Waals surface area contributed by atoms with Crippen LogP contribution in [0.2, 0.25) is 0 Å². The largest absolute Gasteiger partial charge is 0.504 e. The summed E-state index contributed by atoms with van der Waals surface area (Å²) in [7, 11) is 0. The predicted molar refractivity (Wildman–Crippen MR) is 82.1 cm³/mol. The van der Waals surface area contributed by atoms with Gasteiger partial charge in [0.15, 0.2) is 5.75 Å². The Balaban J connectivity index is 2.64. The number of nitro groups is 1. The van der Waals surface area contributed by atoms with Crippen molar-refractivity contribution in [2.75, 3.05) is 19.7 Å². The number of amides is 1. The van der Waals surface area contributed by atoms with E-state index in [-0.39, 0.29) is 6.61 Å². The summed E-state index contributed by atoms with van der Waals surface area (Å²) in [5.74, 6) is -3.62. The van der Waals surface area contributed by atoms with Gasteiger partial charge in [-0.15, -0.1) is 0 Å². The van der Waals surface area contributed by atoms with Crippen molar-refractivity contribution < 1.29 is 29.5 Å². The molecule has 1 heterocycles. The van der Waals surface area contributed by atoms with Gasteiger partial charge in [-0.3, -0.25) is 14.9 Å². The number of nitrogens with zero attached hydrogens (tertiary/aromatic N) is 2. The minimum Gasteiger partial charge on any atom is -0.504 e. The van der Waals surface area contributed by atoms with Crippen molar-refractivity contribution in [3.63, 3.8) is 0 Å². The third kappa shape index (κ3) is 3.24. The molecule has 0 atom stereocenters. The number of phenols is 2. The summed E-state index contributed by atoms with van der Waals surface area (Å²) in [4.78, 5) is 36.6. The predicted octanol–water partition coefficient (Wildman–Crippen LogP) is 1.81. The van der Waals surface area contributed by atoms with Crippen LogP contribution in [0.4, 0.5) is 5.69 Å². The van der Waals surface area contributed by atoms with Crippen molar-refractivity contribution >= 4 is 17.6 Å². The minimum atomic E-state index is -1.05. The average Bonchev–Trinajstić information content (AvgIpc) is 2.56. The van der Waals surface area contributed by atoms with E-state index in [2.05, 4.69) is 0 Å². The molecule has 1 aromatic rings. The maximum atomic E-state index is 12.7. The molecule has 2 rings (SSSR count). The van der Waals surface area contributed by atoms with Crippen molar-refractivity contribution in [3.8, 4) is 11.5 Å². The van der Waals surface area contributed by atoms with Crippen LogP contribution in [-0.2, 0) is 4.74 Å². The number of piperidine rings is 1. The van der Waals surface area contributed by atoms with Gasteiger partial charge >= 0.3 is 11.7 Å². The second-order valence-electron chi connectivity index (χ2n) is 5.35. The third-order valence-corrected chi connectivity index (χ3v) is 3.79. The van der Waals surface area contributed by atoms with Gasteiger partial charge in [0, 0.05) is 13.1 Å². The Morgan fingerprint density at radius 3 is 2.46 bits per heavy atom. The summed E-state index contributed by atoms with van der Waals surface area (Å²) in [6, 6.07) is 0.817. The molecule has 130 valence electrons. The van der Waals surface area contributed by atoms with Crippen LogP contribution in [-0.4, -0.2) is 51.6 Å². The number of phenolic OH excluding ortho intramolecular Hbond substituents is 2. The van der Waals surface area contributed by atoms with E-state index in [1.165, 1.54) is 4.90 Å². The summed E-state index contributed by atoms with van der Waals surface area (Å²) in [6.45, 7) is 2.34. The number of carbonyl (C=O) groups is 2. The molecule has 2 N–H and O–H groups in total. The monoisotopic (exact) mass is 338 g/mol. The average molecular weight is 338 g/mol. The van der Waals surface area contributed by atoms with Gasteiger partial charge in [-0.1, -0.05) is 0 Å². The molecule has 1 aliphatic heterocycles. The highest BCUT2D eigenvalue weighted by molar-refractivity contribution is 6.09. The zero-order valence-electron chi connectivity index (χ0n) is 13.2. The fourth-order valence-electron chi connectivity index (χ4n) is 2.66. The lowest BCUT2D eigenvalue weighted by atomic mass is 10.0. The van der Waals surface area contributed by atoms with E-state index < -0.39 is 45.1 Å². The third-order valence-electron chi connectivity index (χ3n) is 3.79. The standard InChI is InChI=1S/C15H18N2O7/c1-2-24-15(21)9-8-10(18)13(19)12(17(22)23)11(9)14(20)16-6-4-3-5-7-16/h8,18-19H,2-7H2,1H3. The van der Waals surface area contributed by atoms with Crippen LogP contribution in [0, 0.1) is 10.1 Å². The molecular formula is C15H18N2O7. The molecule has 1 amide bonds. The van der Waals surface area contributed by atoms with Crippen molar-refractivity contribution in [3.05, 3.63) is 27.3 Å². The summed E-state index contributed by atoms with van der Waals surface area (Å²) >= 11 is 0. The number of hydrogen-bond donors (Lipinski definition) is 2. The summed E-state index contributed by atoms with van der Waals surface area (Å²) in [5, 5.41) is 30.8. The number of rotatable bonds is 4. The van der Waals surface area contributed by atoms with E-state index in [9.17, 15) is 29.9 Å². The number of ether oxygens (including phenoxy) is 1. The van der Waals surface area contributed by atoms with Gasteiger partial charge in [0.2, 0.25) is 5.75 Å². The van der Waals surface area contributed by atoms with Gasteiger partial charge in [0.05, 0.1) is 17.1 Å². The van der Waals surface area contributed by atoms with Crippen LogP contribution in [0.1, 0.15) is 46.9 Å². The molecule has 1 aliphatic rings. The molecule has 1 fully saturated rings. The first kappa shape index (κ1) is 17.5. The molecule has 24 heavy (non-hydrogen) atoms. The second-order valence-corrected chi connectivity index (χ2v) is 5.35. The highest BCUT2D eigenvalue weighted by Crippen LogP contribution is 2.41. The maximum Gasteiger partial charge on any atom is 0.339 e. The fraction of sp³-hybridized carbons (Fsp3) is 0.467. The van der Waals surface area contributed by atoms with E-state index in [0.717, 1.165) is 25.3 Å². The first-order chi connectivity index (χ1) is 11.4. The van der Waals surface area contributed by atoms with Gasteiger partial charge < -0.3 is 19.8 Å². The van der Waals surface area contributed by atoms with E-state index in [4.69, 9.17) is 4.74 Å². The minimum absolute atomic E-state index is 0.00832. The molecule has 0 aromatic heterocycles. The molecule has 0 bridgehead atoms. The van der Waals surface area contributed by atoms with E-state index in [0.29, 0.717) is 13.1 Å². The van der Waals surface area contributed by atoms with Crippen LogP contribution < -0.4 is 0 Å². The Labute approximate surface area is 137 Å². The number of nitro benzene ring substituents is 1. The van der Waals surface area contributed by atoms with E-state index in [1.54, 1.807) is 6.92 Å². The number of carbonyl (C=O) groups excluding carboxylic acids is 2. The molecule has 0 aliphatic carbocycles. The topological polar surface area (TPSA) is 130 Å². The van der Waals surface area contributed by atoms with Gasteiger partial charge in [-0.2, -0.15) is 0 Å². The number of benzene rings is 1. The van der Waals surface area contributed by atoms with E-state index in [1.807, 2.05) is 0 Å². The molecule has 0 radical (unpaired) electrons. The van der Waals surface area contributed by atoms with Gasteiger partial charge in [0.1, 0.15) is 5.56 Å². The summed E-state index contributed by atoms with van der Waals surface area (Å²) in [5.41, 5.74) is -1.99. The summed E-state index contributed by atoms with van der Waals surface area (Å²) < 4.78 is 4.81. The highest BCUT2D eigenvalue weighted by Gasteiger charge is 2.36. The normalized spacial score (nSPS) is 14.3. The van der Waals surface area contributed by atoms with Crippen LogP contribution in [0.3, 0.4) is 0 Å². The Morgan fingerprint density at radius 2 is 1.92 bits per heavy atom. The second kappa shape index (κ2) is 7.16. The molecule has 1 saturated heterocycles. The molecule has 0 unspecified atom stereocenters. The van der Waals surface area contributed by atoms with E-state index >= 15 is 0 Å². The Morgan fingerprint density at radius 1 is 1.29 bits per heavy atom. The maximum absolute atomic E-state index is 12.7. The molecule has 9 heteroatoms. The fourth-order valence-corrected chi connectivity index (χ4v) is 2.66. The Hall–Kier alpha value is -2.84. The highest BCUT2D eigenvalue weighted by atomic mass is 16.6. The SMILES string of the molecule is CCOC(=O)c1cc(O)c(O)c([N+](=O)[O-])c1C(=O)N1CCCCC1. The molecule has 1 aromatic carbocycles. The van der Waals surface area contributed by atoms with Crippen LogP contribution in [0.15, 0.2) is 6.07 Å². The van der Waals surface area contributed by atoms with Crippen LogP contribution in [0.5, 0.6) is 11.5 Å². The molecule has 9 nitrogen and oxygen atoms in total. The van der Waals surface area contributed by atoms with Crippen LogP contribution in [0.25, 0.3) is 0 Å². The smallest absolute Gasteiger partial charge is 0.339 e. The lowest BCUT2D eigenvalue weighted by Gasteiger charge is -2.27. The van der Waals surface area contributed by atoms with Crippen molar-refractivity contribution in [1.82, 2.24) is 4.90 Å². The molecule has 0 spiro atoms. The van der Waals surface area contributed by atoms with Crippen molar-refractivity contribution in [2.45, 2.75) is 26.2 Å². The van der Waals surface area contributed by atoms with Crippen molar-refractivity contribution in [2.24, 2.45) is 0 Å². The zero-order valence-corrected chi connectivity index (χ0v) is 13.2. The van der Waals surface area contributed by atoms with Crippen LogP contribution >= 0.6 is 0 Å². The molecular weight excluding hydrogens is 320 g/mol. The number of esters is 1. The summed E-state index contributed by atoms with van der Waals surface area (Å²) in [6.07, 6.45) is 2.44. The number of hydrogen-bond acceptors (Lipinski definition) is 7. The lowest BCUT2D eigenvalue weighted by molar-refractivity contribution is -0.386. The van der Waals surface area contributed by atoms with Gasteiger partial charge in [-0.25, -0.2) is 4.79 Å². The number of aromatic hydroxyl groups is 2. The van der Waals surface area contributed by atoms with Crippen molar-refractivity contribution in [1.29, 1.82) is 0 Å². The first-order valence-corrected chi connectivity index (χ1v) is 7.58.